The Balaban J connectivity index is 1.83. The van der Waals surface area contributed by atoms with E-state index in [2.05, 4.69) is 16.5 Å². The molecule has 36 heavy (non-hydrogen) atoms. The van der Waals surface area contributed by atoms with Crippen molar-refractivity contribution in [1.82, 2.24) is 14.3 Å². The number of aromatic nitrogens is 3. The molecule has 1 aromatic heterocycles. The van der Waals surface area contributed by atoms with Gasteiger partial charge in [0.1, 0.15) is 6.61 Å². The second-order valence-corrected chi connectivity index (χ2v) is 9.95. The molecule has 1 heterocycles. The maximum atomic E-state index is 12.4. The second kappa shape index (κ2) is 14.1. The molecule has 0 aliphatic carbocycles. The van der Waals surface area contributed by atoms with Crippen molar-refractivity contribution in [3.05, 3.63) is 50.7 Å². The molecule has 0 aliphatic rings. The minimum atomic E-state index is -4.31. The van der Waals surface area contributed by atoms with Crippen LogP contribution in [0, 0.1) is 0 Å². The van der Waals surface area contributed by atoms with E-state index in [4.69, 9.17) is 4.74 Å². The highest BCUT2D eigenvalue weighted by atomic mass is 32.2. The minimum Gasteiger partial charge on any atom is -0.465 e. The van der Waals surface area contributed by atoms with Crippen molar-refractivity contribution in [3.8, 4) is 0 Å². The molecule has 2 rings (SSSR count). The molecule has 0 spiro atoms. The number of carbonyl (C=O) groups excluding carboxylic acids is 1. The highest BCUT2D eigenvalue weighted by molar-refractivity contribution is 8.00. The van der Waals surface area contributed by atoms with Crippen LogP contribution in [0.2, 0.25) is 0 Å². The lowest BCUT2D eigenvalue weighted by atomic mass is 10.1. The number of esters is 1. The van der Waals surface area contributed by atoms with Crippen LogP contribution in [-0.4, -0.2) is 44.9 Å². The first-order chi connectivity index (χ1) is 17.0. The first kappa shape index (κ1) is 29.5. The van der Waals surface area contributed by atoms with Crippen molar-refractivity contribution >= 4 is 23.5 Å². The maximum absolute atomic E-state index is 12.4. The van der Waals surface area contributed by atoms with Crippen molar-refractivity contribution in [2.45, 2.75) is 75.2 Å². The zero-order chi connectivity index (χ0) is 26.7. The van der Waals surface area contributed by atoms with Gasteiger partial charge in [-0.2, -0.15) is 13.2 Å². The Hall–Kier alpha value is -2.76. The molecular weight excluding hydrogens is 497 g/mol. The molecule has 1 unspecified atom stereocenters. The number of rotatable bonds is 14. The van der Waals surface area contributed by atoms with Gasteiger partial charge in [0.2, 0.25) is 5.82 Å². The first-order valence-electron chi connectivity index (χ1n) is 11.9. The Morgan fingerprint density at radius 3 is 2.67 bits per heavy atom. The zero-order valence-electron chi connectivity index (χ0n) is 20.8. The molecule has 1 aromatic carbocycles. The summed E-state index contributed by atoms with van der Waals surface area (Å²) in [5.74, 6) is -0.265. The lowest BCUT2D eigenvalue weighted by Crippen LogP contribution is -2.41. The Labute approximate surface area is 212 Å². The van der Waals surface area contributed by atoms with E-state index in [1.54, 1.807) is 18.7 Å². The molecule has 0 saturated heterocycles. The van der Waals surface area contributed by atoms with Crippen LogP contribution in [0.15, 0.2) is 38.8 Å². The molecule has 0 radical (unpaired) electrons. The lowest BCUT2D eigenvalue weighted by Gasteiger charge is -2.13. The summed E-state index contributed by atoms with van der Waals surface area (Å²) in [7, 11) is 1.28. The van der Waals surface area contributed by atoms with Gasteiger partial charge < -0.3 is 10.1 Å². The molecule has 1 atom stereocenters. The molecule has 200 valence electrons. The summed E-state index contributed by atoms with van der Waals surface area (Å²) in [5, 5.41) is 6.98. The Kier molecular flexibility index (Phi) is 11.5. The third kappa shape index (κ3) is 10.1. The average Bonchev–Trinajstić information content (AvgIpc) is 2.82. The number of nitrogens with one attached hydrogen (secondary N) is 1. The van der Waals surface area contributed by atoms with Crippen LogP contribution in [-0.2, 0) is 29.5 Å². The molecule has 0 amide bonds. The number of halogens is 3. The summed E-state index contributed by atoms with van der Waals surface area (Å²) in [6, 6.07) is 8.13. The topological polar surface area (TPSA) is 95.2 Å². The average molecular weight is 531 g/mol. The smallest absolute Gasteiger partial charge is 0.389 e. The summed E-state index contributed by atoms with van der Waals surface area (Å²) >= 11 is 1.64. The van der Waals surface area contributed by atoms with Crippen LogP contribution in [0.25, 0.3) is 0 Å². The summed E-state index contributed by atoms with van der Waals surface area (Å²) in [4.78, 5) is 36.8. The van der Waals surface area contributed by atoms with Crippen molar-refractivity contribution in [3.63, 3.8) is 0 Å². The van der Waals surface area contributed by atoms with Crippen LogP contribution in [0.5, 0.6) is 0 Å². The van der Waals surface area contributed by atoms with E-state index >= 15 is 0 Å². The van der Waals surface area contributed by atoms with Crippen LogP contribution in [0.1, 0.15) is 51.5 Å². The van der Waals surface area contributed by atoms with Crippen molar-refractivity contribution in [2.24, 2.45) is 7.05 Å². The Morgan fingerprint density at radius 2 is 1.97 bits per heavy atom. The molecular formula is C24H33F3N4O4S. The molecule has 0 bridgehead atoms. The van der Waals surface area contributed by atoms with E-state index in [0.29, 0.717) is 19.6 Å². The maximum Gasteiger partial charge on any atom is 0.389 e. The number of unbranched alkanes of at least 4 members (excludes halogenated alkanes) is 1. The number of anilines is 1. The predicted octanol–water partition coefficient (Wildman–Crippen LogP) is 4.15. The number of ether oxygens (including phenoxy) is 1. The highest BCUT2D eigenvalue weighted by Gasteiger charge is 2.26. The van der Waals surface area contributed by atoms with Crippen LogP contribution in [0.4, 0.5) is 19.0 Å². The standard InChI is InChI=1S/C24H33F3N4O4S/c1-4-20(32)35-16-17(2)36-19-11-7-10-18(15-19)9-5-6-13-28-21-22(33)30(3)23(34)31(29-21)14-8-12-24(25,26)27/h7,10-11,15,17H,4-6,8-9,12-14,16H2,1-3H3,(H,28,29). The normalized spacial score (nSPS) is 12.4. The first-order valence-corrected chi connectivity index (χ1v) is 12.8. The van der Waals surface area contributed by atoms with E-state index in [1.165, 1.54) is 7.05 Å². The van der Waals surface area contributed by atoms with Gasteiger partial charge in [-0.25, -0.2) is 9.48 Å². The summed E-state index contributed by atoms with van der Waals surface area (Å²) < 4.78 is 44.1. The fourth-order valence-electron chi connectivity index (χ4n) is 3.32. The number of thioether (sulfide) groups is 1. The predicted molar refractivity (Wildman–Crippen MR) is 133 cm³/mol. The van der Waals surface area contributed by atoms with E-state index < -0.39 is 23.8 Å². The minimum absolute atomic E-state index is 0.0553. The number of aryl methyl sites for hydroxylation is 2. The number of benzene rings is 1. The summed E-state index contributed by atoms with van der Waals surface area (Å²) in [5.41, 5.74) is -0.205. The molecule has 1 N–H and O–H groups in total. The molecule has 8 nitrogen and oxygen atoms in total. The van der Waals surface area contributed by atoms with Crippen LogP contribution >= 0.6 is 11.8 Å². The van der Waals surface area contributed by atoms with Gasteiger partial charge in [0.05, 0.1) is 0 Å². The van der Waals surface area contributed by atoms with Crippen LogP contribution in [0.3, 0.4) is 0 Å². The number of nitrogens with zero attached hydrogens (tertiary/aromatic N) is 3. The number of alkyl halides is 3. The SMILES string of the molecule is CCC(=O)OCC(C)Sc1cccc(CCCCNc2nn(CCCC(F)(F)F)c(=O)n(C)c2=O)c1. The molecule has 12 heteroatoms. The van der Waals surface area contributed by atoms with Gasteiger partial charge >= 0.3 is 17.8 Å². The number of hydrogen-bond acceptors (Lipinski definition) is 7. The molecule has 2 aromatic rings. The van der Waals surface area contributed by atoms with E-state index in [0.717, 1.165) is 39.0 Å². The fourth-order valence-corrected chi connectivity index (χ4v) is 4.30. The fraction of sp³-hybridized carbons (Fsp3) is 0.583. The molecule has 0 fully saturated rings. The van der Waals surface area contributed by atoms with Crippen molar-refractivity contribution in [1.29, 1.82) is 0 Å². The van der Waals surface area contributed by atoms with Gasteiger partial charge in [0.25, 0.3) is 5.56 Å². The summed E-state index contributed by atoms with van der Waals surface area (Å²) in [6.07, 6.45) is -2.91. The Bertz CT molecular complexity index is 1120. The van der Waals surface area contributed by atoms with Gasteiger partial charge in [0.15, 0.2) is 0 Å². The van der Waals surface area contributed by atoms with E-state index in [9.17, 15) is 27.6 Å². The second-order valence-electron chi connectivity index (χ2n) is 8.43. The number of carbonyl (C=O) groups is 1. The van der Waals surface area contributed by atoms with E-state index in [-0.39, 0.29) is 30.0 Å². The lowest BCUT2D eigenvalue weighted by molar-refractivity contribution is -0.143. The number of hydrogen-bond donors (Lipinski definition) is 1. The van der Waals surface area contributed by atoms with Gasteiger partial charge in [-0.1, -0.05) is 19.1 Å². The third-order valence-corrected chi connectivity index (χ3v) is 6.32. The van der Waals surface area contributed by atoms with Gasteiger partial charge in [0, 0.05) is 43.1 Å². The monoisotopic (exact) mass is 530 g/mol. The van der Waals surface area contributed by atoms with Crippen LogP contribution < -0.4 is 16.6 Å². The zero-order valence-corrected chi connectivity index (χ0v) is 21.6. The quantitative estimate of drug-likeness (QED) is 0.223. The molecule has 0 saturated carbocycles. The Morgan fingerprint density at radius 1 is 1.22 bits per heavy atom. The van der Waals surface area contributed by atoms with Crippen molar-refractivity contribution in [2.75, 3.05) is 18.5 Å². The molecule has 0 aliphatic heterocycles. The van der Waals surface area contributed by atoms with E-state index in [1.807, 2.05) is 25.1 Å². The largest absolute Gasteiger partial charge is 0.465 e. The third-order valence-electron chi connectivity index (χ3n) is 5.25. The van der Waals surface area contributed by atoms with Gasteiger partial charge in [-0.15, -0.1) is 16.9 Å². The van der Waals surface area contributed by atoms with Crippen molar-refractivity contribution < 1.29 is 22.7 Å². The summed E-state index contributed by atoms with van der Waals surface area (Å²) in [6.45, 7) is 4.32. The van der Waals surface area contributed by atoms with Gasteiger partial charge in [-0.3, -0.25) is 14.2 Å². The highest BCUT2D eigenvalue weighted by Crippen LogP contribution is 2.25. The van der Waals surface area contributed by atoms with Gasteiger partial charge in [-0.05, 0) is 50.3 Å².